The Morgan fingerprint density at radius 1 is 0.905 bits per heavy atom. The highest BCUT2D eigenvalue weighted by Gasteiger charge is 2.31. The van der Waals surface area contributed by atoms with Crippen molar-refractivity contribution in [2.24, 2.45) is 5.92 Å². The lowest BCUT2D eigenvalue weighted by atomic mass is 9.84. The molecule has 1 N–H and O–H groups in total. The molecule has 0 saturated heterocycles. The summed E-state index contributed by atoms with van der Waals surface area (Å²) in [7, 11) is 2.42. The number of hydrogen-bond donors (Lipinski definition) is 1. The molecule has 21 heavy (non-hydrogen) atoms. The summed E-state index contributed by atoms with van der Waals surface area (Å²) in [5, 5.41) is 3.88. The largest absolute Gasteiger partial charge is 0.312 e. The topological polar surface area (TPSA) is 15.3 Å². The second-order valence-electron chi connectivity index (χ2n) is 7.70. The summed E-state index contributed by atoms with van der Waals surface area (Å²) in [6, 6.07) is 2.35. The van der Waals surface area contributed by atoms with Gasteiger partial charge in [-0.2, -0.15) is 0 Å². The summed E-state index contributed by atoms with van der Waals surface area (Å²) in [5.41, 5.74) is 0. The summed E-state index contributed by atoms with van der Waals surface area (Å²) >= 11 is 0. The summed E-state index contributed by atoms with van der Waals surface area (Å²) < 4.78 is 0. The van der Waals surface area contributed by atoms with Crippen molar-refractivity contribution in [1.29, 1.82) is 0 Å². The maximum atomic E-state index is 3.88. The zero-order chi connectivity index (χ0) is 15.1. The lowest BCUT2D eigenvalue weighted by Crippen LogP contribution is -2.53. The number of nitrogens with one attached hydrogen (secondary N) is 1. The van der Waals surface area contributed by atoms with Crippen molar-refractivity contribution in [3.05, 3.63) is 0 Å². The van der Waals surface area contributed by atoms with Crippen LogP contribution < -0.4 is 5.32 Å². The van der Waals surface area contributed by atoms with Gasteiger partial charge >= 0.3 is 0 Å². The predicted octanol–water partition coefficient (Wildman–Crippen LogP) is 4.59. The van der Waals surface area contributed by atoms with Crippen molar-refractivity contribution in [2.45, 2.75) is 103 Å². The molecule has 2 aliphatic carbocycles. The minimum atomic E-state index is 0.731. The van der Waals surface area contributed by atoms with Crippen molar-refractivity contribution in [3.8, 4) is 0 Å². The highest BCUT2D eigenvalue weighted by Crippen LogP contribution is 2.30. The van der Waals surface area contributed by atoms with Gasteiger partial charge < -0.3 is 5.32 Å². The molecule has 0 amide bonds. The monoisotopic (exact) mass is 294 g/mol. The van der Waals surface area contributed by atoms with Crippen molar-refractivity contribution in [3.63, 3.8) is 0 Å². The normalized spacial score (nSPS) is 35.4. The molecule has 2 rings (SSSR count). The molecule has 0 aromatic carbocycles. The van der Waals surface area contributed by atoms with E-state index in [0.717, 1.165) is 24.0 Å². The molecule has 124 valence electrons. The van der Waals surface area contributed by atoms with Crippen molar-refractivity contribution in [2.75, 3.05) is 13.6 Å². The van der Waals surface area contributed by atoms with Crippen molar-refractivity contribution >= 4 is 0 Å². The van der Waals surface area contributed by atoms with Gasteiger partial charge in [0, 0.05) is 18.1 Å². The predicted molar refractivity (Wildman–Crippen MR) is 92.8 cm³/mol. The molecular formula is C19H38N2. The van der Waals surface area contributed by atoms with Gasteiger partial charge in [-0.05, 0) is 64.5 Å². The van der Waals surface area contributed by atoms with Gasteiger partial charge in [-0.3, -0.25) is 4.90 Å². The summed E-state index contributed by atoms with van der Waals surface area (Å²) in [5.74, 6) is 0.959. The van der Waals surface area contributed by atoms with E-state index in [2.05, 4.69) is 31.1 Å². The van der Waals surface area contributed by atoms with Gasteiger partial charge in [-0.1, -0.05) is 39.5 Å². The van der Waals surface area contributed by atoms with E-state index in [4.69, 9.17) is 0 Å². The lowest BCUT2D eigenvalue weighted by Gasteiger charge is -2.43. The Bertz CT molecular complexity index is 269. The molecule has 2 saturated carbocycles. The van der Waals surface area contributed by atoms with Crippen molar-refractivity contribution in [1.82, 2.24) is 10.2 Å². The van der Waals surface area contributed by atoms with Gasteiger partial charge in [0.05, 0.1) is 0 Å². The highest BCUT2D eigenvalue weighted by atomic mass is 15.2. The van der Waals surface area contributed by atoms with E-state index in [9.17, 15) is 0 Å². The molecule has 0 aromatic heterocycles. The van der Waals surface area contributed by atoms with Crippen LogP contribution in [0, 0.1) is 5.92 Å². The van der Waals surface area contributed by atoms with Crippen LogP contribution in [0.25, 0.3) is 0 Å². The Kier molecular flexibility index (Phi) is 7.53. The molecule has 0 heterocycles. The van der Waals surface area contributed by atoms with Crippen LogP contribution in [0.15, 0.2) is 0 Å². The molecule has 2 heteroatoms. The first-order chi connectivity index (χ1) is 10.2. The third-order valence-electron chi connectivity index (χ3n) is 5.97. The van der Waals surface area contributed by atoms with Crippen molar-refractivity contribution < 1.29 is 0 Å². The smallest absolute Gasteiger partial charge is 0.0249 e. The zero-order valence-corrected chi connectivity index (χ0v) is 14.7. The van der Waals surface area contributed by atoms with E-state index in [1.807, 2.05) is 0 Å². The fourth-order valence-corrected chi connectivity index (χ4v) is 4.44. The third kappa shape index (κ3) is 5.25. The summed E-state index contributed by atoms with van der Waals surface area (Å²) in [4.78, 5) is 2.78. The molecule has 0 aliphatic heterocycles. The molecule has 0 spiro atoms. The first-order valence-electron chi connectivity index (χ1n) is 9.67. The van der Waals surface area contributed by atoms with Crippen LogP contribution in [0.1, 0.15) is 84.5 Å². The second-order valence-corrected chi connectivity index (χ2v) is 7.70. The number of nitrogens with zero attached hydrogens (tertiary/aromatic N) is 1. The number of rotatable bonds is 5. The summed E-state index contributed by atoms with van der Waals surface area (Å²) in [6.07, 6.45) is 15.5. The van der Waals surface area contributed by atoms with Gasteiger partial charge in [-0.15, -0.1) is 0 Å². The quantitative estimate of drug-likeness (QED) is 0.798. The number of likely N-dealkylation sites (N-methyl/N-ethyl adjacent to an activating group) is 1. The molecule has 2 unspecified atom stereocenters. The molecular weight excluding hydrogens is 256 g/mol. The van der Waals surface area contributed by atoms with Gasteiger partial charge in [-0.25, -0.2) is 0 Å². The van der Waals surface area contributed by atoms with E-state index < -0.39 is 0 Å². The zero-order valence-electron chi connectivity index (χ0n) is 14.7. The fourth-order valence-electron chi connectivity index (χ4n) is 4.44. The molecule has 0 bridgehead atoms. The molecule has 0 aromatic rings. The van der Waals surface area contributed by atoms with Crippen LogP contribution in [0.4, 0.5) is 0 Å². The van der Waals surface area contributed by atoms with Crippen LogP contribution in [-0.2, 0) is 0 Å². The maximum absolute atomic E-state index is 3.88. The Labute approximate surface area is 133 Å². The molecule has 2 fully saturated rings. The third-order valence-corrected chi connectivity index (χ3v) is 5.97. The SMILES string of the molecule is CCCNC1CCCCCCC1N(C)C1CCC(C)CC1. The van der Waals surface area contributed by atoms with Gasteiger partial charge in [0.15, 0.2) is 0 Å². The standard InChI is InChI=1S/C19H38N2/c1-4-15-20-18-9-7-5-6-8-10-19(18)21(3)17-13-11-16(2)12-14-17/h16-20H,4-15H2,1-3H3. The first-order valence-corrected chi connectivity index (χ1v) is 9.67. The Balaban J connectivity index is 1.96. The van der Waals surface area contributed by atoms with Gasteiger partial charge in [0.1, 0.15) is 0 Å². The van der Waals surface area contributed by atoms with E-state index >= 15 is 0 Å². The fraction of sp³-hybridized carbons (Fsp3) is 1.00. The van der Waals surface area contributed by atoms with Crippen LogP contribution in [0.2, 0.25) is 0 Å². The Morgan fingerprint density at radius 3 is 2.24 bits per heavy atom. The molecule has 2 atom stereocenters. The van der Waals surface area contributed by atoms with Gasteiger partial charge in [0.2, 0.25) is 0 Å². The lowest BCUT2D eigenvalue weighted by molar-refractivity contribution is 0.0856. The maximum Gasteiger partial charge on any atom is 0.0249 e. The van der Waals surface area contributed by atoms with E-state index in [-0.39, 0.29) is 0 Å². The van der Waals surface area contributed by atoms with Crippen LogP contribution in [0.3, 0.4) is 0 Å². The molecule has 0 radical (unpaired) electrons. The average Bonchev–Trinajstić information content (AvgIpc) is 2.47. The van der Waals surface area contributed by atoms with E-state index in [1.165, 1.54) is 77.2 Å². The van der Waals surface area contributed by atoms with E-state index in [0.29, 0.717) is 0 Å². The van der Waals surface area contributed by atoms with Crippen LogP contribution in [-0.4, -0.2) is 36.6 Å². The summed E-state index contributed by atoms with van der Waals surface area (Å²) in [6.45, 7) is 5.91. The molecule has 2 aliphatic rings. The van der Waals surface area contributed by atoms with Crippen LogP contribution in [0.5, 0.6) is 0 Å². The first kappa shape index (κ1) is 17.3. The number of hydrogen-bond acceptors (Lipinski definition) is 2. The Hall–Kier alpha value is -0.0800. The highest BCUT2D eigenvalue weighted by molar-refractivity contribution is 4.89. The van der Waals surface area contributed by atoms with E-state index in [1.54, 1.807) is 0 Å². The second kappa shape index (κ2) is 9.15. The van der Waals surface area contributed by atoms with Crippen LogP contribution >= 0.6 is 0 Å². The minimum Gasteiger partial charge on any atom is -0.312 e. The average molecular weight is 295 g/mol. The molecule has 2 nitrogen and oxygen atoms in total. The Morgan fingerprint density at radius 2 is 1.57 bits per heavy atom. The minimum absolute atomic E-state index is 0.731. The van der Waals surface area contributed by atoms with Gasteiger partial charge in [0.25, 0.3) is 0 Å².